The van der Waals surface area contributed by atoms with Crippen molar-refractivity contribution < 1.29 is 0 Å². The number of fused-ring (bicyclic) bond motifs is 1. The summed E-state index contributed by atoms with van der Waals surface area (Å²) in [6, 6.07) is 24.1. The number of piperidine rings is 1. The van der Waals surface area contributed by atoms with Gasteiger partial charge in [0.25, 0.3) is 0 Å². The van der Waals surface area contributed by atoms with Gasteiger partial charge in [-0.1, -0.05) is 67.1 Å². The third-order valence-electron chi connectivity index (χ3n) is 6.67. The first kappa shape index (κ1) is 24.7. The molecule has 0 aromatic heterocycles. The minimum absolute atomic E-state index is 0. The maximum Gasteiger partial charge on any atom is 0.107 e. The maximum atomic E-state index is 10.3. The van der Waals surface area contributed by atoms with Crippen LogP contribution in [-0.2, 0) is 5.41 Å². The zero-order valence-corrected chi connectivity index (χ0v) is 19.2. The van der Waals surface area contributed by atoms with Gasteiger partial charge in [0, 0.05) is 25.7 Å². The van der Waals surface area contributed by atoms with Crippen LogP contribution in [0.2, 0.25) is 0 Å². The van der Waals surface area contributed by atoms with Crippen LogP contribution in [0, 0.1) is 11.3 Å². The standard InChI is InChI=1S/C25H31N3.2ClH/c26-21-25(22-10-3-1-4-11-22,23-12-5-2-6-13-23)15-9-16-27-18-19-28-17-8-7-14-24(28)20-27;;/h1-6,10-13,24H,7-9,14-20H2;2*1H. The molecule has 0 amide bonds. The SMILES string of the molecule is Cl.Cl.N#CC(CCCN1CCN2CCCCC2C1)(c1ccccc1)c1ccccc1. The minimum Gasteiger partial charge on any atom is -0.301 e. The van der Waals surface area contributed by atoms with Gasteiger partial charge in [-0.2, -0.15) is 5.26 Å². The van der Waals surface area contributed by atoms with Crippen LogP contribution in [0.15, 0.2) is 60.7 Å². The first-order chi connectivity index (χ1) is 13.8. The lowest BCUT2D eigenvalue weighted by atomic mass is 9.72. The molecular formula is C25H33Cl2N3. The predicted molar refractivity (Wildman–Crippen MR) is 129 cm³/mol. The Labute approximate surface area is 193 Å². The third-order valence-corrected chi connectivity index (χ3v) is 6.67. The van der Waals surface area contributed by atoms with E-state index >= 15 is 0 Å². The number of nitrogens with zero attached hydrogens (tertiary/aromatic N) is 3. The zero-order valence-electron chi connectivity index (χ0n) is 17.6. The van der Waals surface area contributed by atoms with Crippen LogP contribution in [0.3, 0.4) is 0 Å². The molecule has 162 valence electrons. The molecule has 30 heavy (non-hydrogen) atoms. The summed E-state index contributed by atoms with van der Waals surface area (Å²) in [5, 5.41) is 10.3. The highest BCUT2D eigenvalue weighted by Gasteiger charge is 2.34. The molecule has 1 atom stereocenters. The van der Waals surface area contributed by atoms with Crippen molar-refractivity contribution in [3.8, 4) is 6.07 Å². The van der Waals surface area contributed by atoms with Gasteiger partial charge >= 0.3 is 0 Å². The van der Waals surface area contributed by atoms with E-state index in [1.807, 2.05) is 36.4 Å². The molecule has 0 saturated carbocycles. The van der Waals surface area contributed by atoms with Gasteiger partial charge in [-0.3, -0.25) is 4.90 Å². The molecule has 5 heteroatoms. The largest absolute Gasteiger partial charge is 0.301 e. The van der Waals surface area contributed by atoms with E-state index in [9.17, 15) is 5.26 Å². The van der Waals surface area contributed by atoms with Crippen molar-refractivity contribution in [3.05, 3.63) is 71.8 Å². The van der Waals surface area contributed by atoms with Crippen molar-refractivity contribution in [2.45, 2.75) is 43.6 Å². The van der Waals surface area contributed by atoms with Crippen LogP contribution >= 0.6 is 24.8 Å². The van der Waals surface area contributed by atoms with Gasteiger partial charge in [-0.15, -0.1) is 24.8 Å². The second kappa shape index (κ2) is 11.7. The number of rotatable bonds is 6. The summed E-state index contributed by atoms with van der Waals surface area (Å²) in [6.07, 6.45) is 6.02. The summed E-state index contributed by atoms with van der Waals surface area (Å²) < 4.78 is 0. The Morgan fingerprint density at radius 1 is 0.867 bits per heavy atom. The molecule has 4 rings (SSSR count). The summed E-state index contributed by atoms with van der Waals surface area (Å²) in [5.74, 6) is 0. The van der Waals surface area contributed by atoms with Gasteiger partial charge in [0.15, 0.2) is 0 Å². The molecule has 0 bridgehead atoms. The van der Waals surface area contributed by atoms with Gasteiger partial charge in [-0.25, -0.2) is 0 Å². The third kappa shape index (κ3) is 5.37. The van der Waals surface area contributed by atoms with Gasteiger partial charge in [0.2, 0.25) is 0 Å². The van der Waals surface area contributed by atoms with Crippen LogP contribution in [0.25, 0.3) is 0 Å². The molecule has 2 heterocycles. The number of hydrogen-bond acceptors (Lipinski definition) is 3. The van der Waals surface area contributed by atoms with Crippen LogP contribution in [0.4, 0.5) is 0 Å². The van der Waals surface area contributed by atoms with Crippen LogP contribution in [-0.4, -0.2) is 48.6 Å². The summed E-state index contributed by atoms with van der Waals surface area (Å²) in [7, 11) is 0. The quantitative estimate of drug-likeness (QED) is 0.604. The average Bonchev–Trinajstić information content (AvgIpc) is 2.78. The summed E-state index contributed by atoms with van der Waals surface area (Å²) >= 11 is 0. The molecule has 0 N–H and O–H groups in total. The van der Waals surface area contributed by atoms with Crippen LogP contribution in [0.1, 0.15) is 43.2 Å². The monoisotopic (exact) mass is 445 g/mol. The Kier molecular flexibility index (Phi) is 9.65. The first-order valence-electron chi connectivity index (χ1n) is 10.8. The van der Waals surface area contributed by atoms with Gasteiger partial charge in [0.05, 0.1) is 6.07 Å². The Bertz CT molecular complexity index is 752. The molecule has 2 saturated heterocycles. The molecular weight excluding hydrogens is 413 g/mol. The van der Waals surface area contributed by atoms with E-state index in [1.54, 1.807) is 0 Å². The highest BCUT2D eigenvalue weighted by atomic mass is 35.5. The van der Waals surface area contributed by atoms with Gasteiger partial charge in [0.1, 0.15) is 5.41 Å². The lowest BCUT2D eigenvalue weighted by Crippen LogP contribution is -2.54. The lowest BCUT2D eigenvalue weighted by Gasteiger charge is -2.44. The highest BCUT2D eigenvalue weighted by Crippen LogP contribution is 2.36. The van der Waals surface area contributed by atoms with Crippen molar-refractivity contribution in [3.63, 3.8) is 0 Å². The van der Waals surface area contributed by atoms with E-state index in [4.69, 9.17) is 0 Å². The van der Waals surface area contributed by atoms with Crippen LogP contribution < -0.4 is 0 Å². The summed E-state index contributed by atoms with van der Waals surface area (Å²) in [6.45, 7) is 5.97. The van der Waals surface area contributed by atoms with Crippen molar-refractivity contribution in [1.29, 1.82) is 5.26 Å². The fourth-order valence-electron chi connectivity index (χ4n) is 5.08. The molecule has 2 aliphatic heterocycles. The number of piperazine rings is 1. The average molecular weight is 446 g/mol. The summed E-state index contributed by atoms with van der Waals surface area (Å²) in [5.41, 5.74) is 1.66. The van der Waals surface area contributed by atoms with E-state index in [1.165, 1.54) is 45.4 Å². The molecule has 2 aromatic carbocycles. The van der Waals surface area contributed by atoms with E-state index in [-0.39, 0.29) is 24.8 Å². The van der Waals surface area contributed by atoms with Crippen molar-refractivity contribution in [1.82, 2.24) is 9.80 Å². The second-order valence-corrected chi connectivity index (χ2v) is 8.34. The molecule has 0 aliphatic carbocycles. The van der Waals surface area contributed by atoms with Crippen molar-refractivity contribution in [2.75, 3.05) is 32.7 Å². The Morgan fingerprint density at radius 2 is 1.50 bits per heavy atom. The lowest BCUT2D eigenvalue weighted by molar-refractivity contribution is 0.0483. The number of hydrogen-bond donors (Lipinski definition) is 0. The first-order valence-corrected chi connectivity index (χ1v) is 10.8. The van der Waals surface area contributed by atoms with Crippen LogP contribution in [0.5, 0.6) is 0 Å². The number of halogens is 2. The Morgan fingerprint density at radius 3 is 2.10 bits per heavy atom. The molecule has 0 spiro atoms. The predicted octanol–water partition coefficient (Wildman–Crippen LogP) is 5.29. The second-order valence-electron chi connectivity index (χ2n) is 8.34. The number of benzene rings is 2. The zero-order chi connectivity index (χ0) is 19.2. The fourth-order valence-corrected chi connectivity index (χ4v) is 5.08. The van der Waals surface area contributed by atoms with Crippen molar-refractivity contribution >= 4 is 24.8 Å². The van der Waals surface area contributed by atoms with E-state index in [0.29, 0.717) is 0 Å². The maximum absolute atomic E-state index is 10.3. The fraction of sp³-hybridized carbons (Fsp3) is 0.480. The minimum atomic E-state index is -0.560. The Balaban J connectivity index is 0.00000160. The molecule has 2 fully saturated rings. The van der Waals surface area contributed by atoms with Crippen molar-refractivity contribution in [2.24, 2.45) is 0 Å². The Hall–Kier alpha value is -1.57. The van der Waals surface area contributed by atoms with E-state index in [2.05, 4.69) is 40.1 Å². The smallest absolute Gasteiger partial charge is 0.107 e. The van der Waals surface area contributed by atoms with E-state index in [0.717, 1.165) is 36.6 Å². The van der Waals surface area contributed by atoms with Gasteiger partial charge in [-0.05, 0) is 49.9 Å². The molecule has 2 aliphatic rings. The van der Waals surface area contributed by atoms with Gasteiger partial charge < -0.3 is 4.90 Å². The normalized spacial score (nSPS) is 19.6. The highest BCUT2D eigenvalue weighted by molar-refractivity contribution is 5.85. The van der Waals surface area contributed by atoms with E-state index < -0.39 is 5.41 Å². The molecule has 0 radical (unpaired) electrons. The summed E-state index contributed by atoms with van der Waals surface area (Å²) in [4.78, 5) is 5.32. The molecule has 2 aromatic rings. The topological polar surface area (TPSA) is 30.3 Å². The number of nitriles is 1. The molecule has 1 unspecified atom stereocenters. The molecule has 3 nitrogen and oxygen atoms in total.